The Hall–Kier alpha value is -1.64. The van der Waals surface area contributed by atoms with E-state index in [1.165, 1.54) is 17.5 Å². The van der Waals surface area contributed by atoms with Gasteiger partial charge in [0.15, 0.2) is 0 Å². The van der Waals surface area contributed by atoms with Crippen LogP contribution in [-0.2, 0) is 22.9 Å². The normalized spacial score (nSPS) is 25.9. The molecule has 0 unspecified atom stereocenters. The van der Waals surface area contributed by atoms with Gasteiger partial charge in [0.1, 0.15) is 0 Å². The van der Waals surface area contributed by atoms with Gasteiger partial charge in [-0.1, -0.05) is 13.0 Å². The number of nitrogens with zero attached hydrogens (tertiary/aromatic N) is 3. The number of benzene rings is 1. The van der Waals surface area contributed by atoms with E-state index in [0.29, 0.717) is 37.6 Å². The third kappa shape index (κ3) is 3.85. The minimum Gasteiger partial charge on any atom is -0.341 e. The third-order valence-electron chi connectivity index (χ3n) is 7.36. The molecular weight excluding hydrogens is 400 g/mol. The number of carbonyl (C=O) groups excluding carboxylic acids is 1. The number of urea groups is 1. The highest BCUT2D eigenvalue weighted by atomic mass is 32.2. The lowest BCUT2D eigenvalue weighted by molar-refractivity contribution is 0.0574. The largest absolute Gasteiger partial charge is 0.341 e. The highest BCUT2D eigenvalue weighted by Crippen LogP contribution is 2.33. The topological polar surface area (TPSA) is 73.0 Å². The van der Waals surface area contributed by atoms with Gasteiger partial charge < -0.3 is 10.2 Å². The van der Waals surface area contributed by atoms with Crippen molar-refractivity contribution in [3.05, 3.63) is 29.3 Å². The summed E-state index contributed by atoms with van der Waals surface area (Å²) in [6.07, 6.45) is 6.26. The Kier molecular flexibility index (Phi) is 6.10. The van der Waals surface area contributed by atoms with Crippen molar-refractivity contribution in [1.29, 1.82) is 0 Å². The summed E-state index contributed by atoms with van der Waals surface area (Å²) < 4.78 is 28.2. The van der Waals surface area contributed by atoms with Crippen LogP contribution in [0.3, 0.4) is 0 Å². The maximum Gasteiger partial charge on any atom is 0.317 e. The fraction of sp³-hybridized carbons (Fsp3) is 0.682. The van der Waals surface area contributed by atoms with Crippen LogP contribution in [0.5, 0.6) is 0 Å². The zero-order valence-corrected chi connectivity index (χ0v) is 19.0. The van der Waals surface area contributed by atoms with Crippen molar-refractivity contribution in [3.8, 4) is 0 Å². The number of sulfonamides is 1. The first-order valence-electron chi connectivity index (χ1n) is 11.2. The molecule has 2 heterocycles. The van der Waals surface area contributed by atoms with Crippen LogP contribution < -0.4 is 5.32 Å². The lowest BCUT2D eigenvalue weighted by atomic mass is 9.92. The van der Waals surface area contributed by atoms with E-state index in [4.69, 9.17) is 0 Å². The van der Waals surface area contributed by atoms with Crippen LogP contribution >= 0.6 is 0 Å². The van der Waals surface area contributed by atoms with Crippen LogP contribution in [0, 0.1) is 0 Å². The summed E-state index contributed by atoms with van der Waals surface area (Å²) in [7, 11) is -1.80. The van der Waals surface area contributed by atoms with Gasteiger partial charge in [-0.15, -0.1) is 0 Å². The number of carbonyl (C=O) groups is 1. The van der Waals surface area contributed by atoms with E-state index in [1.54, 1.807) is 17.4 Å². The molecule has 1 aromatic rings. The number of amides is 2. The van der Waals surface area contributed by atoms with E-state index in [-0.39, 0.29) is 11.6 Å². The van der Waals surface area contributed by atoms with Crippen LogP contribution in [0.1, 0.15) is 43.7 Å². The minimum absolute atomic E-state index is 0.0288. The summed E-state index contributed by atoms with van der Waals surface area (Å²) >= 11 is 0. The predicted octanol–water partition coefficient (Wildman–Crippen LogP) is 2.07. The van der Waals surface area contributed by atoms with Gasteiger partial charge in [0.05, 0.1) is 4.90 Å². The first-order chi connectivity index (χ1) is 14.4. The predicted molar refractivity (Wildman–Crippen MR) is 117 cm³/mol. The van der Waals surface area contributed by atoms with Gasteiger partial charge in [-0.2, -0.15) is 4.31 Å². The number of likely N-dealkylation sites (tertiary alicyclic amines) is 1. The Morgan fingerprint density at radius 2 is 1.77 bits per heavy atom. The molecule has 2 amide bonds. The van der Waals surface area contributed by atoms with Crippen molar-refractivity contribution in [2.24, 2.45) is 0 Å². The van der Waals surface area contributed by atoms with E-state index in [9.17, 15) is 13.2 Å². The number of fused-ring (bicyclic) bond motifs is 1. The average molecular weight is 435 g/mol. The van der Waals surface area contributed by atoms with Crippen LogP contribution in [0.4, 0.5) is 4.79 Å². The van der Waals surface area contributed by atoms with E-state index in [1.807, 2.05) is 17.0 Å². The molecule has 7 nitrogen and oxygen atoms in total. The lowest BCUT2D eigenvalue weighted by Gasteiger charge is -2.45. The van der Waals surface area contributed by atoms with Crippen molar-refractivity contribution in [2.75, 3.05) is 46.3 Å². The van der Waals surface area contributed by atoms with Crippen LogP contribution in [-0.4, -0.2) is 80.4 Å². The molecule has 1 aromatic carbocycles. The lowest BCUT2D eigenvalue weighted by Crippen LogP contribution is -2.59. The molecule has 2 aliphatic heterocycles. The fourth-order valence-corrected chi connectivity index (χ4v) is 6.85. The second-order valence-electron chi connectivity index (χ2n) is 8.83. The summed E-state index contributed by atoms with van der Waals surface area (Å²) in [6.45, 7) is 6.05. The Balaban J connectivity index is 1.44. The first-order valence-corrected chi connectivity index (χ1v) is 12.7. The molecule has 2 saturated heterocycles. The molecule has 1 atom stereocenters. The molecular formula is C22H34N4O3S. The minimum atomic E-state index is -3.47. The van der Waals surface area contributed by atoms with Gasteiger partial charge in [0, 0.05) is 51.9 Å². The van der Waals surface area contributed by atoms with Gasteiger partial charge >= 0.3 is 6.03 Å². The number of hydrogen-bond acceptors (Lipinski definition) is 4. The molecule has 0 aromatic heterocycles. The Morgan fingerprint density at radius 1 is 1.07 bits per heavy atom. The maximum absolute atomic E-state index is 13.3. The first kappa shape index (κ1) is 21.6. The number of aryl methyl sites for hydroxylation is 2. The van der Waals surface area contributed by atoms with Gasteiger partial charge in [-0.25, -0.2) is 13.2 Å². The molecule has 8 heteroatoms. The third-order valence-corrected chi connectivity index (χ3v) is 9.25. The van der Waals surface area contributed by atoms with Crippen molar-refractivity contribution in [1.82, 2.24) is 19.4 Å². The van der Waals surface area contributed by atoms with E-state index < -0.39 is 10.0 Å². The van der Waals surface area contributed by atoms with Gasteiger partial charge in [-0.3, -0.25) is 4.90 Å². The number of rotatable bonds is 4. The second kappa shape index (κ2) is 8.48. The molecule has 3 aliphatic rings. The maximum atomic E-state index is 13.3. The van der Waals surface area contributed by atoms with Crippen LogP contribution in [0.15, 0.2) is 23.1 Å². The standard InChI is InChI=1S/C22H34N4O3S/c1-3-22(10-11-24(17-22)21(27)23-2)25-12-14-26(15-13-25)30(28,29)20-9-8-18-6-4-5-7-19(18)16-20/h8-9,16H,3-7,10-15,17H2,1-2H3,(H,23,27)/t22-/m1/s1. The SMILES string of the molecule is CC[C@@]1(N2CCN(S(=O)(=O)c3ccc4c(c3)CCCC4)CC2)CCN(C(=O)NC)C1. The molecule has 2 fully saturated rings. The fourth-order valence-electron chi connectivity index (χ4n) is 5.38. The second-order valence-corrected chi connectivity index (χ2v) is 10.8. The van der Waals surface area contributed by atoms with Gasteiger partial charge in [-0.05, 0) is 61.8 Å². The van der Waals surface area contributed by atoms with Crippen molar-refractivity contribution >= 4 is 16.1 Å². The molecule has 0 spiro atoms. The number of nitrogens with one attached hydrogen (secondary N) is 1. The molecule has 0 radical (unpaired) electrons. The smallest absolute Gasteiger partial charge is 0.317 e. The van der Waals surface area contributed by atoms with E-state index in [0.717, 1.165) is 38.6 Å². The monoisotopic (exact) mass is 434 g/mol. The molecule has 166 valence electrons. The summed E-state index contributed by atoms with van der Waals surface area (Å²) in [6, 6.07) is 5.67. The zero-order valence-electron chi connectivity index (χ0n) is 18.2. The number of hydrogen-bond donors (Lipinski definition) is 1. The summed E-state index contributed by atoms with van der Waals surface area (Å²) in [5.41, 5.74) is 2.46. The quantitative estimate of drug-likeness (QED) is 0.787. The van der Waals surface area contributed by atoms with Crippen molar-refractivity contribution in [3.63, 3.8) is 0 Å². The Morgan fingerprint density at radius 3 is 2.43 bits per heavy atom. The molecule has 4 rings (SSSR count). The molecule has 0 saturated carbocycles. The summed E-state index contributed by atoms with van der Waals surface area (Å²) in [5.74, 6) is 0. The van der Waals surface area contributed by atoms with E-state index >= 15 is 0 Å². The van der Waals surface area contributed by atoms with E-state index in [2.05, 4.69) is 17.1 Å². The Bertz CT molecular complexity index is 896. The highest BCUT2D eigenvalue weighted by Gasteiger charge is 2.44. The molecule has 30 heavy (non-hydrogen) atoms. The van der Waals surface area contributed by atoms with Crippen molar-refractivity contribution in [2.45, 2.75) is 55.9 Å². The Labute approximate surface area is 180 Å². The summed E-state index contributed by atoms with van der Waals surface area (Å²) in [4.78, 5) is 16.8. The highest BCUT2D eigenvalue weighted by molar-refractivity contribution is 7.89. The van der Waals surface area contributed by atoms with Crippen LogP contribution in [0.2, 0.25) is 0 Å². The molecule has 1 aliphatic carbocycles. The van der Waals surface area contributed by atoms with Crippen molar-refractivity contribution < 1.29 is 13.2 Å². The average Bonchev–Trinajstić information content (AvgIpc) is 3.24. The molecule has 1 N–H and O–H groups in total. The number of piperazine rings is 1. The van der Waals surface area contributed by atoms with Gasteiger partial charge in [0.2, 0.25) is 10.0 Å². The zero-order chi connectivity index (χ0) is 21.4. The molecule has 0 bridgehead atoms. The summed E-state index contributed by atoms with van der Waals surface area (Å²) in [5, 5.41) is 2.72. The van der Waals surface area contributed by atoms with Crippen LogP contribution in [0.25, 0.3) is 0 Å². The van der Waals surface area contributed by atoms with Gasteiger partial charge in [0.25, 0.3) is 0 Å².